The van der Waals surface area contributed by atoms with E-state index in [0.717, 1.165) is 16.5 Å². The second-order valence-corrected chi connectivity index (χ2v) is 8.29. The molecule has 1 aromatic heterocycles. The first kappa shape index (κ1) is 26.4. The number of carbonyl (C=O) groups excluding carboxylic acids is 1. The number of nitrogens with two attached hydrogens (primary N) is 1. The van der Waals surface area contributed by atoms with Crippen LogP contribution in [0.3, 0.4) is 0 Å². The monoisotopic (exact) mass is 493 g/mol. The summed E-state index contributed by atoms with van der Waals surface area (Å²) in [5.74, 6) is -0.231. The molecule has 0 saturated heterocycles. The lowest BCUT2D eigenvalue weighted by molar-refractivity contribution is -0.153. The highest BCUT2D eigenvalue weighted by Crippen LogP contribution is 2.28. The van der Waals surface area contributed by atoms with Crippen LogP contribution < -0.4 is 20.5 Å². The number of para-hydroxylation sites is 2. The molecule has 10 heteroatoms. The number of hydrogen-bond acceptors (Lipinski definition) is 5. The molecule has 0 bridgehead atoms. The fourth-order valence-corrected chi connectivity index (χ4v) is 3.88. The first-order valence-electron chi connectivity index (χ1n) is 11.3. The number of ether oxygens (including phenoxy) is 2. The van der Waals surface area contributed by atoms with Crippen molar-refractivity contribution >= 4 is 16.8 Å². The minimum atomic E-state index is -4.43. The standard InChI is InChI=1S/C25H30F3N3O4/c1-17(30-8-12-34-21-5-2-3-6-22(21)35-16-25(26,27)28)13-18-14-19-7-10-31(9-4-11-32)23(19)20(15-18)24(29)33/h2-3,5-7,10,14-15,17,30,32H,4,8-9,11-13,16H2,1H3,(H2,29,33)/t17-/m0/s1. The molecule has 1 heterocycles. The molecule has 3 rings (SSSR count). The van der Waals surface area contributed by atoms with Crippen molar-refractivity contribution in [3.05, 3.63) is 59.8 Å². The third kappa shape index (κ3) is 7.63. The van der Waals surface area contributed by atoms with E-state index in [2.05, 4.69) is 5.32 Å². The number of halogens is 3. The summed E-state index contributed by atoms with van der Waals surface area (Å²) < 4.78 is 49.7. The number of amides is 1. The van der Waals surface area contributed by atoms with Crippen LogP contribution in [0.15, 0.2) is 48.7 Å². The number of nitrogens with one attached hydrogen (secondary N) is 1. The molecular weight excluding hydrogens is 463 g/mol. The second-order valence-electron chi connectivity index (χ2n) is 8.29. The third-order valence-corrected chi connectivity index (χ3v) is 5.38. The zero-order valence-corrected chi connectivity index (χ0v) is 19.5. The van der Waals surface area contributed by atoms with Crippen LogP contribution in [0.4, 0.5) is 13.2 Å². The van der Waals surface area contributed by atoms with Gasteiger partial charge in [-0.2, -0.15) is 13.2 Å². The van der Waals surface area contributed by atoms with E-state index < -0.39 is 18.7 Å². The average Bonchev–Trinajstić information content (AvgIpc) is 3.21. The van der Waals surface area contributed by atoms with Gasteiger partial charge in [-0.25, -0.2) is 0 Å². The summed E-state index contributed by atoms with van der Waals surface area (Å²) in [7, 11) is 0. The molecule has 0 aliphatic carbocycles. The number of aromatic nitrogens is 1. The molecule has 0 unspecified atom stereocenters. The van der Waals surface area contributed by atoms with Crippen molar-refractivity contribution in [3.8, 4) is 11.5 Å². The van der Waals surface area contributed by atoms with Gasteiger partial charge < -0.3 is 30.2 Å². The summed E-state index contributed by atoms with van der Waals surface area (Å²) in [6.45, 7) is 1.93. The molecule has 190 valence electrons. The van der Waals surface area contributed by atoms with Crippen molar-refractivity contribution in [1.29, 1.82) is 0 Å². The lowest BCUT2D eigenvalue weighted by Crippen LogP contribution is -2.32. The summed E-state index contributed by atoms with van der Waals surface area (Å²) >= 11 is 0. The highest BCUT2D eigenvalue weighted by molar-refractivity contribution is 6.05. The van der Waals surface area contributed by atoms with Crippen molar-refractivity contribution in [2.75, 3.05) is 26.4 Å². The van der Waals surface area contributed by atoms with Crippen LogP contribution in [0.2, 0.25) is 0 Å². The number of carbonyl (C=O) groups is 1. The second kappa shape index (κ2) is 11.9. The van der Waals surface area contributed by atoms with Crippen LogP contribution in [0.25, 0.3) is 10.9 Å². The fraction of sp³-hybridized carbons (Fsp3) is 0.400. The lowest BCUT2D eigenvalue weighted by atomic mass is 10.0. The summed E-state index contributed by atoms with van der Waals surface area (Å²) in [5.41, 5.74) is 7.78. The molecule has 2 aromatic carbocycles. The van der Waals surface area contributed by atoms with E-state index in [1.54, 1.807) is 24.3 Å². The van der Waals surface area contributed by atoms with Gasteiger partial charge in [-0.1, -0.05) is 12.1 Å². The van der Waals surface area contributed by atoms with Crippen molar-refractivity contribution in [3.63, 3.8) is 0 Å². The van der Waals surface area contributed by atoms with E-state index in [-0.39, 0.29) is 30.8 Å². The number of aliphatic hydroxyl groups excluding tert-OH is 1. The maximum Gasteiger partial charge on any atom is 0.422 e. The number of benzene rings is 2. The van der Waals surface area contributed by atoms with Crippen LogP contribution in [-0.2, 0) is 13.0 Å². The van der Waals surface area contributed by atoms with E-state index >= 15 is 0 Å². The van der Waals surface area contributed by atoms with E-state index in [1.807, 2.05) is 29.8 Å². The number of aryl methyl sites for hydroxylation is 1. The van der Waals surface area contributed by atoms with Crippen LogP contribution in [-0.4, -0.2) is 54.2 Å². The van der Waals surface area contributed by atoms with Gasteiger partial charge in [-0.15, -0.1) is 0 Å². The SMILES string of the molecule is C[C@@H](Cc1cc(C(N)=O)c2c(ccn2CCCO)c1)NCCOc1ccccc1OCC(F)(F)F. The normalized spacial score (nSPS) is 12.6. The van der Waals surface area contributed by atoms with Gasteiger partial charge in [0, 0.05) is 37.3 Å². The minimum Gasteiger partial charge on any atom is -0.488 e. The Bertz CT molecular complexity index is 1130. The Morgan fingerprint density at radius 3 is 2.54 bits per heavy atom. The maximum absolute atomic E-state index is 12.4. The van der Waals surface area contributed by atoms with Gasteiger partial charge in [0.15, 0.2) is 18.1 Å². The molecule has 0 fully saturated rings. The van der Waals surface area contributed by atoms with Crippen molar-refractivity contribution < 1.29 is 32.5 Å². The molecule has 4 N–H and O–H groups in total. The van der Waals surface area contributed by atoms with Crippen LogP contribution in [0.1, 0.15) is 29.3 Å². The van der Waals surface area contributed by atoms with Gasteiger partial charge in [0.2, 0.25) is 0 Å². The summed E-state index contributed by atoms with van der Waals surface area (Å²) in [4.78, 5) is 12.1. The van der Waals surface area contributed by atoms with Gasteiger partial charge in [-0.3, -0.25) is 4.79 Å². The van der Waals surface area contributed by atoms with Gasteiger partial charge in [0.25, 0.3) is 5.91 Å². The Balaban J connectivity index is 1.56. The molecule has 0 saturated carbocycles. The van der Waals surface area contributed by atoms with Gasteiger partial charge in [0.1, 0.15) is 6.61 Å². The number of fused-ring (bicyclic) bond motifs is 1. The van der Waals surface area contributed by atoms with Crippen LogP contribution in [0.5, 0.6) is 11.5 Å². The van der Waals surface area contributed by atoms with E-state index in [0.29, 0.717) is 31.5 Å². The molecule has 0 aliphatic heterocycles. The maximum atomic E-state index is 12.4. The summed E-state index contributed by atoms with van der Waals surface area (Å²) in [6, 6.07) is 12.0. The lowest BCUT2D eigenvalue weighted by Gasteiger charge is -2.17. The topological polar surface area (TPSA) is 98.7 Å². The van der Waals surface area contributed by atoms with E-state index in [1.165, 1.54) is 6.07 Å². The molecule has 1 atom stereocenters. The minimum absolute atomic E-state index is 0.0324. The summed E-state index contributed by atoms with van der Waals surface area (Å²) in [5, 5.41) is 13.3. The van der Waals surface area contributed by atoms with Crippen molar-refractivity contribution in [2.45, 2.75) is 38.5 Å². The fourth-order valence-electron chi connectivity index (χ4n) is 3.88. The molecule has 7 nitrogen and oxygen atoms in total. The largest absolute Gasteiger partial charge is 0.488 e. The highest BCUT2D eigenvalue weighted by atomic mass is 19.4. The zero-order chi connectivity index (χ0) is 25.4. The predicted octanol–water partition coefficient (Wildman–Crippen LogP) is 3.66. The molecule has 0 radical (unpaired) electrons. The third-order valence-electron chi connectivity index (χ3n) is 5.38. The zero-order valence-electron chi connectivity index (χ0n) is 19.5. The van der Waals surface area contributed by atoms with Crippen LogP contribution in [0, 0.1) is 0 Å². The quantitative estimate of drug-likeness (QED) is 0.316. The van der Waals surface area contributed by atoms with Crippen molar-refractivity contribution in [2.24, 2.45) is 5.73 Å². The molecule has 0 aliphatic rings. The van der Waals surface area contributed by atoms with Gasteiger partial charge >= 0.3 is 6.18 Å². The number of primary amides is 1. The predicted molar refractivity (Wildman–Crippen MR) is 127 cm³/mol. The van der Waals surface area contributed by atoms with E-state index in [4.69, 9.17) is 20.3 Å². The van der Waals surface area contributed by atoms with Crippen molar-refractivity contribution in [1.82, 2.24) is 9.88 Å². The first-order chi connectivity index (χ1) is 16.7. The number of nitrogens with zero attached hydrogens (tertiary/aromatic N) is 1. The number of hydrogen-bond donors (Lipinski definition) is 3. The Morgan fingerprint density at radius 1 is 1.17 bits per heavy atom. The summed E-state index contributed by atoms with van der Waals surface area (Å²) in [6.07, 6.45) is -1.34. The molecular formula is C25H30F3N3O4. The average molecular weight is 494 g/mol. The molecule has 35 heavy (non-hydrogen) atoms. The van der Waals surface area contributed by atoms with E-state index in [9.17, 15) is 18.0 Å². The Kier molecular flexibility index (Phi) is 9.00. The smallest absolute Gasteiger partial charge is 0.422 e. The van der Waals surface area contributed by atoms with Crippen LogP contribution >= 0.6 is 0 Å². The number of rotatable bonds is 13. The van der Waals surface area contributed by atoms with Gasteiger partial charge in [0.05, 0.1) is 11.1 Å². The molecule has 0 spiro atoms. The molecule has 1 amide bonds. The Labute approximate surface area is 201 Å². The number of aliphatic hydroxyl groups is 1. The number of alkyl halides is 3. The van der Waals surface area contributed by atoms with Gasteiger partial charge in [-0.05, 0) is 55.7 Å². The highest BCUT2D eigenvalue weighted by Gasteiger charge is 2.29. The molecule has 3 aromatic rings. The first-order valence-corrected chi connectivity index (χ1v) is 11.3. The Morgan fingerprint density at radius 2 is 1.89 bits per heavy atom. The Hall–Kier alpha value is -3.24.